The van der Waals surface area contributed by atoms with Crippen molar-refractivity contribution in [3.8, 4) is 0 Å². The van der Waals surface area contributed by atoms with Crippen LogP contribution in [0.5, 0.6) is 0 Å². The van der Waals surface area contributed by atoms with Crippen LogP contribution in [0.4, 0.5) is 0 Å². The second kappa shape index (κ2) is 2.58. The molecule has 0 spiro atoms. The zero-order valence-corrected chi connectivity index (χ0v) is 5.70. The van der Waals surface area contributed by atoms with E-state index in [0.29, 0.717) is 0 Å². The molecule has 0 fully saturated rings. The highest BCUT2D eigenvalue weighted by molar-refractivity contribution is 5.82. The van der Waals surface area contributed by atoms with E-state index in [1.165, 1.54) is 0 Å². The Morgan fingerprint density at radius 1 is 1.56 bits per heavy atom. The van der Waals surface area contributed by atoms with Crippen molar-refractivity contribution in [1.29, 1.82) is 0 Å². The van der Waals surface area contributed by atoms with Crippen molar-refractivity contribution < 1.29 is 0 Å². The van der Waals surface area contributed by atoms with E-state index in [4.69, 9.17) is 0 Å². The molecule has 0 aliphatic carbocycles. The highest BCUT2D eigenvalue weighted by Gasteiger charge is 1.93. The summed E-state index contributed by atoms with van der Waals surface area (Å²) < 4.78 is 0. The van der Waals surface area contributed by atoms with Crippen LogP contribution in [0.3, 0.4) is 0 Å². The number of nitrogens with zero attached hydrogens (tertiary/aromatic N) is 2. The van der Waals surface area contributed by atoms with Gasteiger partial charge in [-0.1, -0.05) is 0 Å². The molecular weight excluding hydrogens is 112 g/mol. The van der Waals surface area contributed by atoms with Gasteiger partial charge in [0.1, 0.15) is 0 Å². The summed E-state index contributed by atoms with van der Waals surface area (Å²) in [7, 11) is 0. The number of rotatable bonds is 0. The first-order chi connectivity index (χ1) is 4.29. The van der Waals surface area contributed by atoms with Gasteiger partial charge in [-0.05, 0) is 19.4 Å². The standard InChI is InChI=1S/C7H10N2/c1-6-3-8-5-7(2)9-4-6/h3-5,7H,1-2H3. The van der Waals surface area contributed by atoms with Gasteiger partial charge in [-0.2, -0.15) is 0 Å². The number of hydrogen-bond acceptors (Lipinski definition) is 2. The molecule has 0 aromatic heterocycles. The fourth-order valence-corrected chi connectivity index (χ4v) is 0.592. The zero-order valence-electron chi connectivity index (χ0n) is 5.70. The van der Waals surface area contributed by atoms with E-state index in [1.807, 2.05) is 32.5 Å². The van der Waals surface area contributed by atoms with Gasteiger partial charge in [-0.15, -0.1) is 0 Å². The fourth-order valence-electron chi connectivity index (χ4n) is 0.592. The van der Waals surface area contributed by atoms with Gasteiger partial charge < -0.3 is 0 Å². The molecule has 2 heteroatoms. The molecule has 0 saturated heterocycles. The van der Waals surface area contributed by atoms with Crippen LogP contribution < -0.4 is 0 Å². The Kier molecular flexibility index (Phi) is 1.78. The van der Waals surface area contributed by atoms with Gasteiger partial charge in [0, 0.05) is 18.6 Å². The van der Waals surface area contributed by atoms with Gasteiger partial charge >= 0.3 is 0 Å². The summed E-state index contributed by atoms with van der Waals surface area (Å²) in [5.74, 6) is 0. The smallest absolute Gasteiger partial charge is 0.0822 e. The van der Waals surface area contributed by atoms with Crippen LogP contribution in [0.2, 0.25) is 0 Å². The molecular formula is C7H10N2. The first-order valence-corrected chi connectivity index (χ1v) is 3.02. The summed E-state index contributed by atoms with van der Waals surface area (Å²) in [4.78, 5) is 8.18. The normalized spacial score (nSPS) is 25.6. The fraction of sp³-hybridized carbons (Fsp3) is 0.429. The molecule has 0 radical (unpaired) electrons. The molecule has 0 amide bonds. The van der Waals surface area contributed by atoms with E-state index in [-0.39, 0.29) is 6.04 Å². The topological polar surface area (TPSA) is 24.7 Å². The predicted molar refractivity (Wildman–Crippen MR) is 40.2 cm³/mol. The van der Waals surface area contributed by atoms with Gasteiger partial charge in [0.2, 0.25) is 0 Å². The van der Waals surface area contributed by atoms with Gasteiger partial charge in [-0.25, -0.2) is 0 Å². The Balaban J connectivity index is 2.75. The lowest BCUT2D eigenvalue weighted by Crippen LogP contribution is -1.96. The van der Waals surface area contributed by atoms with Gasteiger partial charge in [0.25, 0.3) is 0 Å². The zero-order chi connectivity index (χ0) is 6.69. The average Bonchev–Trinajstić information content (AvgIpc) is 1.97. The molecule has 0 aromatic rings. The Morgan fingerprint density at radius 3 is 3.11 bits per heavy atom. The maximum absolute atomic E-state index is 4.16. The Labute approximate surface area is 55.0 Å². The number of hydrogen-bond donors (Lipinski definition) is 0. The monoisotopic (exact) mass is 122 g/mol. The van der Waals surface area contributed by atoms with Gasteiger partial charge in [0.05, 0.1) is 6.04 Å². The quantitative estimate of drug-likeness (QED) is 0.464. The lowest BCUT2D eigenvalue weighted by atomic mass is 10.3. The molecule has 1 aliphatic heterocycles. The van der Waals surface area contributed by atoms with Crippen LogP contribution in [-0.2, 0) is 0 Å². The molecule has 1 aliphatic rings. The minimum Gasteiger partial charge on any atom is -0.284 e. The van der Waals surface area contributed by atoms with Gasteiger partial charge in [0.15, 0.2) is 0 Å². The Bertz CT molecular complexity index is 177. The van der Waals surface area contributed by atoms with Crippen molar-refractivity contribution in [3.63, 3.8) is 0 Å². The molecule has 2 nitrogen and oxygen atoms in total. The summed E-state index contributed by atoms with van der Waals surface area (Å²) in [5.41, 5.74) is 1.11. The van der Waals surface area contributed by atoms with E-state index in [0.717, 1.165) is 5.57 Å². The molecule has 0 saturated carbocycles. The third-order valence-electron chi connectivity index (χ3n) is 1.09. The minimum absolute atomic E-state index is 0.235. The predicted octanol–water partition coefficient (Wildman–Crippen LogP) is 1.43. The third-order valence-corrected chi connectivity index (χ3v) is 1.09. The summed E-state index contributed by atoms with van der Waals surface area (Å²) in [6, 6.07) is 0.235. The van der Waals surface area contributed by atoms with Crippen molar-refractivity contribution in [1.82, 2.24) is 0 Å². The maximum Gasteiger partial charge on any atom is 0.0822 e. The Hall–Kier alpha value is -0.920. The second-order valence-corrected chi connectivity index (χ2v) is 2.19. The van der Waals surface area contributed by atoms with E-state index in [2.05, 4.69) is 9.98 Å². The van der Waals surface area contributed by atoms with E-state index in [9.17, 15) is 0 Å². The summed E-state index contributed by atoms with van der Waals surface area (Å²) in [5, 5.41) is 0. The molecule has 1 atom stereocenters. The summed E-state index contributed by atoms with van der Waals surface area (Å²) in [6.07, 6.45) is 5.48. The largest absolute Gasteiger partial charge is 0.284 e. The highest BCUT2D eigenvalue weighted by Crippen LogP contribution is 1.95. The van der Waals surface area contributed by atoms with E-state index >= 15 is 0 Å². The van der Waals surface area contributed by atoms with Crippen molar-refractivity contribution in [2.75, 3.05) is 0 Å². The van der Waals surface area contributed by atoms with Crippen molar-refractivity contribution in [3.05, 3.63) is 11.8 Å². The summed E-state index contributed by atoms with van der Waals surface area (Å²) in [6.45, 7) is 3.99. The molecule has 9 heavy (non-hydrogen) atoms. The summed E-state index contributed by atoms with van der Waals surface area (Å²) >= 11 is 0. The van der Waals surface area contributed by atoms with Crippen molar-refractivity contribution >= 4 is 12.4 Å². The first kappa shape index (κ1) is 6.20. The van der Waals surface area contributed by atoms with Crippen LogP contribution in [-0.4, -0.2) is 18.5 Å². The molecule has 1 unspecified atom stereocenters. The molecule has 1 rings (SSSR count). The second-order valence-electron chi connectivity index (χ2n) is 2.19. The molecule has 1 heterocycles. The average molecular weight is 122 g/mol. The molecule has 0 aromatic carbocycles. The lowest BCUT2D eigenvalue weighted by molar-refractivity contribution is 1.01. The molecule has 0 bridgehead atoms. The minimum atomic E-state index is 0.235. The van der Waals surface area contributed by atoms with Crippen molar-refractivity contribution in [2.24, 2.45) is 9.98 Å². The molecule has 0 N–H and O–H groups in total. The lowest BCUT2D eigenvalue weighted by Gasteiger charge is -1.90. The van der Waals surface area contributed by atoms with Crippen LogP contribution >= 0.6 is 0 Å². The van der Waals surface area contributed by atoms with Crippen LogP contribution in [0.25, 0.3) is 0 Å². The first-order valence-electron chi connectivity index (χ1n) is 3.02. The third kappa shape index (κ3) is 1.80. The highest BCUT2D eigenvalue weighted by atomic mass is 14.8. The van der Waals surface area contributed by atoms with Crippen LogP contribution in [0.15, 0.2) is 21.8 Å². The number of allylic oxidation sites excluding steroid dienone is 1. The van der Waals surface area contributed by atoms with Gasteiger partial charge in [-0.3, -0.25) is 9.98 Å². The van der Waals surface area contributed by atoms with E-state index in [1.54, 1.807) is 0 Å². The SMILES string of the molecule is CC1=CN=CC(C)N=C1. The van der Waals surface area contributed by atoms with Crippen LogP contribution in [0.1, 0.15) is 13.8 Å². The maximum atomic E-state index is 4.16. The van der Waals surface area contributed by atoms with E-state index < -0.39 is 0 Å². The number of aliphatic imine (C=N–C) groups is 2. The Morgan fingerprint density at radius 2 is 2.33 bits per heavy atom. The van der Waals surface area contributed by atoms with Crippen molar-refractivity contribution in [2.45, 2.75) is 19.9 Å². The molecule has 48 valence electrons. The van der Waals surface area contributed by atoms with Crippen LogP contribution in [0, 0.1) is 0 Å².